The Bertz CT molecular complexity index is 983. The van der Waals surface area contributed by atoms with E-state index in [-0.39, 0.29) is 22.6 Å². The fourth-order valence-corrected chi connectivity index (χ4v) is 7.07. The molecule has 0 aliphatic rings. The van der Waals surface area contributed by atoms with Crippen LogP contribution in [-0.2, 0) is 5.63 Å². The van der Waals surface area contributed by atoms with Gasteiger partial charge >= 0.3 is 178 Å². The maximum atomic E-state index is 12.6. The minimum absolute atomic E-state index is 0.000707. The standard InChI is InChI=1S/2C8H8O3.C6H5.Bi/c2*1-5-2-3-6(8(10)11)7(9)4-5;1-2-4-6-5-3-1;/h2*2-4,9H,1H3,(H,10,11);1-5H;/q;;;+2/p-2. The Morgan fingerprint density at radius 2 is 1.17 bits per heavy atom. The van der Waals surface area contributed by atoms with E-state index in [0.29, 0.717) is 3.27 Å². The van der Waals surface area contributed by atoms with Gasteiger partial charge in [-0.25, -0.2) is 0 Å². The summed E-state index contributed by atoms with van der Waals surface area (Å²) in [6.45, 7) is 3.58. The summed E-state index contributed by atoms with van der Waals surface area (Å²) in [5.74, 6) is -1.92. The van der Waals surface area contributed by atoms with Crippen LogP contribution in [0.1, 0.15) is 31.8 Å². The van der Waals surface area contributed by atoms with Crippen LogP contribution >= 0.6 is 0 Å². The van der Waals surface area contributed by atoms with Crippen LogP contribution in [-0.4, -0.2) is 44.8 Å². The Labute approximate surface area is 177 Å². The van der Waals surface area contributed by atoms with Crippen molar-refractivity contribution in [3.05, 3.63) is 89.0 Å². The third kappa shape index (κ3) is 5.12. The van der Waals surface area contributed by atoms with Crippen LogP contribution in [0.25, 0.3) is 0 Å². The zero-order valence-corrected chi connectivity index (χ0v) is 19.3. The molecule has 0 atom stereocenters. The van der Waals surface area contributed by atoms with E-state index in [0.717, 1.165) is 11.1 Å². The van der Waals surface area contributed by atoms with Gasteiger partial charge in [0, 0.05) is 0 Å². The van der Waals surface area contributed by atoms with Gasteiger partial charge in [0.1, 0.15) is 0 Å². The average Bonchev–Trinajstić information content (AvgIpc) is 2.67. The number of aryl methyl sites for hydroxylation is 2. The fraction of sp³-hybridized carbons (Fsp3) is 0.0909. The number of carbonyl (C=O) groups is 2. The number of rotatable bonds is 5. The van der Waals surface area contributed by atoms with Crippen LogP contribution in [0, 0.1) is 13.8 Å². The van der Waals surface area contributed by atoms with E-state index in [1.54, 1.807) is 56.3 Å². The van der Waals surface area contributed by atoms with Gasteiger partial charge in [-0.1, -0.05) is 0 Å². The molecule has 2 N–H and O–H groups in total. The zero-order chi connectivity index (χ0) is 21.0. The van der Waals surface area contributed by atoms with E-state index in [9.17, 15) is 19.8 Å². The molecule has 148 valence electrons. The molecule has 29 heavy (non-hydrogen) atoms. The third-order valence-corrected chi connectivity index (χ3v) is 9.42. The molecule has 3 aromatic carbocycles. The van der Waals surface area contributed by atoms with Gasteiger partial charge in [0.05, 0.1) is 0 Å². The Morgan fingerprint density at radius 1 is 0.724 bits per heavy atom. The van der Waals surface area contributed by atoms with Crippen molar-refractivity contribution < 1.29 is 25.4 Å². The Balaban J connectivity index is 1.87. The molecule has 3 rings (SSSR count). The van der Waals surface area contributed by atoms with E-state index in [1.165, 1.54) is 24.3 Å². The molecule has 0 aliphatic heterocycles. The van der Waals surface area contributed by atoms with Crippen molar-refractivity contribution in [2.75, 3.05) is 0 Å². The van der Waals surface area contributed by atoms with Crippen LogP contribution in [0.3, 0.4) is 0 Å². The fourth-order valence-electron chi connectivity index (χ4n) is 2.55. The summed E-state index contributed by atoms with van der Waals surface area (Å²) in [4.78, 5) is 25.2. The van der Waals surface area contributed by atoms with Crippen LogP contribution in [0.4, 0.5) is 0 Å². The second-order valence-electron chi connectivity index (χ2n) is 6.39. The van der Waals surface area contributed by atoms with Crippen LogP contribution in [0.15, 0.2) is 66.7 Å². The molecule has 7 heteroatoms. The molecular formula is C22H19BiO6. The summed E-state index contributed by atoms with van der Waals surface area (Å²) in [6.07, 6.45) is 0. The van der Waals surface area contributed by atoms with Crippen molar-refractivity contribution in [3.8, 4) is 11.5 Å². The molecule has 0 aromatic heterocycles. The molecule has 0 aliphatic carbocycles. The van der Waals surface area contributed by atoms with E-state index >= 15 is 0 Å². The molecule has 0 amide bonds. The zero-order valence-electron chi connectivity index (χ0n) is 15.8. The predicted octanol–water partition coefficient (Wildman–Crippen LogP) is 3.12. The topological polar surface area (TPSA) is 93.1 Å². The first-order valence-electron chi connectivity index (χ1n) is 8.74. The molecule has 0 radical (unpaired) electrons. The molecule has 0 saturated carbocycles. The number of benzene rings is 3. The van der Waals surface area contributed by atoms with Gasteiger partial charge in [0.25, 0.3) is 0 Å². The van der Waals surface area contributed by atoms with E-state index in [1.807, 2.05) is 0 Å². The Morgan fingerprint density at radius 3 is 1.59 bits per heavy atom. The number of hydrogen-bond acceptors (Lipinski definition) is 6. The summed E-state index contributed by atoms with van der Waals surface area (Å²) in [5, 5.41) is 20.1. The van der Waals surface area contributed by atoms with E-state index < -0.39 is 34.6 Å². The van der Waals surface area contributed by atoms with Gasteiger partial charge in [-0.05, 0) is 0 Å². The summed E-state index contributed by atoms with van der Waals surface area (Å²) in [5.41, 5.74) is 1.59. The van der Waals surface area contributed by atoms with Crippen molar-refractivity contribution in [2.45, 2.75) is 13.8 Å². The van der Waals surface area contributed by atoms with Crippen molar-refractivity contribution in [1.82, 2.24) is 0 Å². The quantitative estimate of drug-likeness (QED) is 0.446. The van der Waals surface area contributed by atoms with Gasteiger partial charge in [-0.2, -0.15) is 0 Å². The minimum atomic E-state index is -3.81. The Hall–Kier alpha value is -2.92. The van der Waals surface area contributed by atoms with Crippen molar-refractivity contribution >= 4 is 37.8 Å². The van der Waals surface area contributed by atoms with Gasteiger partial charge in [0.15, 0.2) is 0 Å². The predicted molar refractivity (Wildman–Crippen MR) is 108 cm³/mol. The monoisotopic (exact) mass is 588 g/mol. The summed E-state index contributed by atoms with van der Waals surface area (Å²) >= 11 is -3.81. The van der Waals surface area contributed by atoms with Crippen LogP contribution in [0.5, 0.6) is 11.5 Å². The average molecular weight is 588 g/mol. The van der Waals surface area contributed by atoms with Gasteiger partial charge in [-0.3, -0.25) is 0 Å². The van der Waals surface area contributed by atoms with Gasteiger partial charge in [-0.15, -0.1) is 0 Å². The van der Waals surface area contributed by atoms with Gasteiger partial charge in [0.2, 0.25) is 0 Å². The normalized spacial score (nSPS) is 10.6. The SMILES string of the molecule is Cc1ccc(C(=O)[O][Bi]([O]C(=O)c2ccc(C)cc2O)[c]2ccccc2)c(O)c1. The van der Waals surface area contributed by atoms with Crippen LogP contribution < -0.4 is 3.27 Å². The van der Waals surface area contributed by atoms with E-state index in [4.69, 9.17) is 5.63 Å². The molecule has 0 spiro atoms. The maximum absolute atomic E-state index is 12.6. The first kappa shape index (κ1) is 20.8. The van der Waals surface area contributed by atoms with Crippen molar-refractivity contribution in [1.29, 1.82) is 0 Å². The number of phenolic OH excluding ortho intramolecular Hbond substituents is 2. The summed E-state index contributed by atoms with van der Waals surface area (Å²) in [7, 11) is 0. The van der Waals surface area contributed by atoms with Crippen molar-refractivity contribution in [2.24, 2.45) is 0 Å². The molecule has 0 heterocycles. The first-order valence-corrected chi connectivity index (χ1v) is 13.3. The van der Waals surface area contributed by atoms with Crippen molar-refractivity contribution in [3.63, 3.8) is 0 Å². The summed E-state index contributed by atoms with van der Waals surface area (Å²) < 4.78 is 11.8. The van der Waals surface area contributed by atoms with Gasteiger partial charge < -0.3 is 0 Å². The molecule has 0 unspecified atom stereocenters. The molecule has 0 saturated heterocycles. The van der Waals surface area contributed by atoms with Crippen LogP contribution in [0.2, 0.25) is 0 Å². The third-order valence-electron chi connectivity index (χ3n) is 4.04. The second-order valence-corrected chi connectivity index (χ2v) is 11.8. The molecular weight excluding hydrogens is 569 g/mol. The summed E-state index contributed by atoms with van der Waals surface area (Å²) in [6, 6.07) is 18.0. The molecule has 6 nitrogen and oxygen atoms in total. The Kier molecular flexibility index (Phi) is 6.50. The van der Waals surface area contributed by atoms with E-state index in [2.05, 4.69) is 0 Å². The molecule has 0 bridgehead atoms. The molecule has 0 fully saturated rings. The first-order chi connectivity index (χ1) is 13.8. The number of aromatic hydroxyl groups is 2. The number of phenols is 2. The second kappa shape index (κ2) is 9.05. The number of carbonyl (C=O) groups excluding carboxylic acids is 2. The molecule has 3 aromatic rings. The number of hydrogen-bond donors (Lipinski definition) is 2.